The molecule has 0 saturated carbocycles. The average Bonchev–Trinajstić information content (AvgIpc) is 3.21. The van der Waals surface area contributed by atoms with Crippen molar-refractivity contribution in [2.75, 3.05) is 18.5 Å². The van der Waals surface area contributed by atoms with E-state index in [4.69, 9.17) is 4.74 Å². The number of aromatic nitrogens is 2. The van der Waals surface area contributed by atoms with Crippen molar-refractivity contribution < 1.29 is 18.0 Å². The number of nitrogens with zero attached hydrogens (tertiary/aromatic N) is 2. The molecule has 3 rings (SSSR count). The number of halogens is 2. The molecule has 3 aromatic rings. The van der Waals surface area contributed by atoms with Crippen LogP contribution < -0.4 is 10.1 Å². The lowest BCUT2D eigenvalue weighted by Gasteiger charge is -2.09. The van der Waals surface area contributed by atoms with Crippen LogP contribution in [0.5, 0.6) is 5.75 Å². The minimum absolute atomic E-state index is 0.336. The van der Waals surface area contributed by atoms with E-state index < -0.39 is 11.8 Å². The second-order valence-corrected chi connectivity index (χ2v) is 7.18. The third-order valence-corrected chi connectivity index (χ3v) is 4.61. The maximum atomic E-state index is 13.1. The van der Waals surface area contributed by atoms with Crippen molar-refractivity contribution >= 4 is 5.69 Å². The molecule has 0 saturated heterocycles. The Morgan fingerprint density at radius 1 is 1.03 bits per heavy atom. The fourth-order valence-corrected chi connectivity index (χ4v) is 3.07. The lowest BCUT2D eigenvalue weighted by Crippen LogP contribution is -2.07. The molecular weight excluding hydrogens is 388 g/mol. The van der Waals surface area contributed by atoms with Crippen LogP contribution in [0.25, 0.3) is 11.1 Å². The molecule has 0 atom stereocenters. The maximum absolute atomic E-state index is 13.1. The van der Waals surface area contributed by atoms with Gasteiger partial charge in [-0.05, 0) is 55.2 Å². The molecule has 30 heavy (non-hydrogen) atoms. The monoisotopic (exact) mass is 415 g/mol. The largest absolute Gasteiger partial charge is 0.494 e. The van der Waals surface area contributed by atoms with Crippen molar-refractivity contribution in [1.82, 2.24) is 10.1 Å². The number of anilines is 1. The summed E-state index contributed by atoms with van der Waals surface area (Å²) in [4.78, 5) is 3.75. The van der Waals surface area contributed by atoms with Gasteiger partial charge in [0.15, 0.2) is 5.82 Å². The molecule has 0 aliphatic rings. The number of aryl methyl sites for hydroxylation is 1. The zero-order chi connectivity index (χ0) is 21.4. The topological polar surface area (TPSA) is 60.2 Å². The van der Waals surface area contributed by atoms with Crippen molar-refractivity contribution in [3.63, 3.8) is 0 Å². The first-order chi connectivity index (χ1) is 14.5. The van der Waals surface area contributed by atoms with E-state index in [2.05, 4.69) is 44.2 Å². The molecule has 0 fully saturated rings. The normalized spacial score (nSPS) is 11.5. The quantitative estimate of drug-likeness (QED) is 0.385. The van der Waals surface area contributed by atoms with E-state index in [1.54, 1.807) is 0 Å². The number of hydrogen-bond acceptors (Lipinski definition) is 5. The third kappa shape index (κ3) is 6.27. The van der Waals surface area contributed by atoms with E-state index in [1.165, 1.54) is 0 Å². The van der Waals surface area contributed by atoms with E-state index in [9.17, 15) is 8.78 Å². The first-order valence-electron chi connectivity index (χ1n) is 10.2. The highest BCUT2D eigenvalue weighted by Crippen LogP contribution is 2.26. The van der Waals surface area contributed by atoms with Crippen LogP contribution >= 0.6 is 0 Å². The van der Waals surface area contributed by atoms with Gasteiger partial charge in [-0.3, -0.25) is 0 Å². The molecule has 1 aromatic heterocycles. The predicted octanol–water partition coefficient (Wildman–Crippen LogP) is 6.07. The zero-order valence-corrected chi connectivity index (χ0v) is 17.3. The Kier molecular flexibility index (Phi) is 7.38. The molecule has 7 heteroatoms. The van der Waals surface area contributed by atoms with Crippen molar-refractivity contribution in [3.05, 3.63) is 60.2 Å². The predicted molar refractivity (Wildman–Crippen MR) is 113 cm³/mol. The van der Waals surface area contributed by atoms with E-state index in [0.29, 0.717) is 18.9 Å². The summed E-state index contributed by atoms with van der Waals surface area (Å²) >= 11 is 0. The number of benzene rings is 2. The Labute approximate surface area is 175 Å². The minimum Gasteiger partial charge on any atom is -0.494 e. The van der Waals surface area contributed by atoms with Crippen LogP contribution in [0, 0.1) is 0 Å². The SMILES string of the molecule is CCOc1ccc(-c2cccc(NCCCCCc3noc(C(C)(F)F)n3)c2)cc1. The average molecular weight is 415 g/mol. The molecule has 0 spiro atoms. The fraction of sp³-hybridized carbons (Fsp3) is 0.391. The summed E-state index contributed by atoms with van der Waals surface area (Å²) in [5.74, 6) is -2.50. The molecule has 0 unspecified atom stereocenters. The second kappa shape index (κ2) is 10.2. The smallest absolute Gasteiger partial charge is 0.322 e. The molecule has 0 aliphatic carbocycles. The number of unbranched alkanes of at least 4 members (excludes halogenated alkanes) is 2. The highest BCUT2D eigenvalue weighted by molar-refractivity contribution is 5.68. The molecule has 1 heterocycles. The number of alkyl halides is 2. The summed E-state index contributed by atoms with van der Waals surface area (Å²) in [5, 5.41) is 7.05. The molecule has 0 amide bonds. The molecule has 2 aromatic carbocycles. The van der Waals surface area contributed by atoms with Gasteiger partial charge in [-0.25, -0.2) is 0 Å². The summed E-state index contributed by atoms with van der Waals surface area (Å²) in [5.41, 5.74) is 3.34. The standard InChI is InChI=1S/C23H27F2N3O2/c1-3-29-20-13-11-17(12-14-20)18-8-7-9-19(16-18)26-15-6-4-5-10-21-27-22(30-28-21)23(2,24)25/h7-9,11-14,16,26H,3-6,10,15H2,1-2H3. The first kappa shape index (κ1) is 21.7. The van der Waals surface area contributed by atoms with Gasteiger partial charge in [0.2, 0.25) is 0 Å². The Morgan fingerprint density at radius 3 is 2.53 bits per heavy atom. The number of nitrogens with one attached hydrogen (secondary N) is 1. The lowest BCUT2D eigenvalue weighted by molar-refractivity contribution is -0.0158. The van der Waals surface area contributed by atoms with Crippen LogP contribution in [0.4, 0.5) is 14.5 Å². The van der Waals surface area contributed by atoms with Crippen LogP contribution in [0.1, 0.15) is 44.8 Å². The van der Waals surface area contributed by atoms with Gasteiger partial charge in [-0.1, -0.05) is 35.8 Å². The van der Waals surface area contributed by atoms with E-state index in [0.717, 1.165) is 55.3 Å². The van der Waals surface area contributed by atoms with Gasteiger partial charge in [0.05, 0.1) is 6.61 Å². The van der Waals surface area contributed by atoms with Crippen LogP contribution in [-0.4, -0.2) is 23.3 Å². The van der Waals surface area contributed by atoms with Crippen LogP contribution in [0.15, 0.2) is 53.1 Å². The van der Waals surface area contributed by atoms with Gasteiger partial charge in [-0.15, -0.1) is 0 Å². The molecule has 0 bridgehead atoms. The highest BCUT2D eigenvalue weighted by Gasteiger charge is 2.31. The number of rotatable bonds is 11. The van der Waals surface area contributed by atoms with E-state index in [-0.39, 0.29) is 0 Å². The van der Waals surface area contributed by atoms with Gasteiger partial charge >= 0.3 is 5.92 Å². The van der Waals surface area contributed by atoms with Gasteiger partial charge < -0.3 is 14.6 Å². The fourth-order valence-electron chi connectivity index (χ4n) is 3.07. The molecule has 5 nitrogen and oxygen atoms in total. The summed E-state index contributed by atoms with van der Waals surface area (Å²) < 4.78 is 36.3. The van der Waals surface area contributed by atoms with Crippen molar-refractivity contribution in [2.45, 2.75) is 45.5 Å². The first-order valence-corrected chi connectivity index (χ1v) is 10.2. The molecule has 0 aliphatic heterocycles. The second-order valence-electron chi connectivity index (χ2n) is 7.18. The van der Waals surface area contributed by atoms with Crippen molar-refractivity contribution in [2.24, 2.45) is 0 Å². The highest BCUT2D eigenvalue weighted by atomic mass is 19.3. The van der Waals surface area contributed by atoms with Gasteiger partial charge in [0, 0.05) is 25.6 Å². The van der Waals surface area contributed by atoms with Gasteiger partial charge in [0.1, 0.15) is 5.75 Å². The zero-order valence-electron chi connectivity index (χ0n) is 17.3. The van der Waals surface area contributed by atoms with Crippen molar-refractivity contribution in [1.29, 1.82) is 0 Å². The Hall–Kier alpha value is -2.96. The van der Waals surface area contributed by atoms with Crippen LogP contribution in [-0.2, 0) is 12.3 Å². The summed E-state index contributed by atoms with van der Waals surface area (Å²) in [6.45, 7) is 4.21. The minimum atomic E-state index is -3.09. The molecule has 1 N–H and O–H groups in total. The molecular formula is C23H27F2N3O2. The van der Waals surface area contributed by atoms with Gasteiger partial charge in [0.25, 0.3) is 5.89 Å². The lowest BCUT2D eigenvalue weighted by atomic mass is 10.0. The van der Waals surface area contributed by atoms with Gasteiger partial charge in [-0.2, -0.15) is 13.8 Å². The molecule has 160 valence electrons. The van der Waals surface area contributed by atoms with Crippen LogP contribution in [0.3, 0.4) is 0 Å². The maximum Gasteiger partial charge on any atom is 0.322 e. The van der Waals surface area contributed by atoms with E-state index in [1.807, 2.05) is 31.2 Å². The Morgan fingerprint density at radius 2 is 1.83 bits per heavy atom. The number of hydrogen-bond donors (Lipinski definition) is 1. The van der Waals surface area contributed by atoms with E-state index >= 15 is 0 Å². The summed E-state index contributed by atoms with van der Waals surface area (Å²) in [7, 11) is 0. The summed E-state index contributed by atoms with van der Waals surface area (Å²) in [6.07, 6.45) is 3.26. The van der Waals surface area contributed by atoms with Crippen molar-refractivity contribution in [3.8, 4) is 16.9 Å². The third-order valence-electron chi connectivity index (χ3n) is 4.61. The van der Waals surface area contributed by atoms with Crippen LogP contribution in [0.2, 0.25) is 0 Å². The summed E-state index contributed by atoms with van der Waals surface area (Å²) in [6, 6.07) is 16.4. The number of ether oxygens (including phenoxy) is 1. The molecule has 0 radical (unpaired) electrons. The Balaban J connectivity index is 1.41. The Bertz CT molecular complexity index is 921.